The van der Waals surface area contributed by atoms with Crippen LogP contribution >= 0.6 is 11.6 Å². The van der Waals surface area contributed by atoms with Crippen molar-refractivity contribution in [3.05, 3.63) is 58.6 Å². The lowest BCUT2D eigenvalue weighted by atomic mass is 10.0. The van der Waals surface area contributed by atoms with Gasteiger partial charge < -0.3 is 9.47 Å². The molecule has 0 aliphatic carbocycles. The SMILES string of the molecule is COc1cccc(C(=O)c2ccc(OC)cc2Cl)c1. The summed E-state index contributed by atoms with van der Waals surface area (Å²) in [4.78, 5) is 12.4. The molecule has 0 spiro atoms. The third-order valence-corrected chi connectivity index (χ3v) is 3.07. The minimum atomic E-state index is -0.147. The van der Waals surface area contributed by atoms with E-state index in [1.807, 2.05) is 0 Å². The summed E-state index contributed by atoms with van der Waals surface area (Å²) in [5.74, 6) is 1.11. The van der Waals surface area contributed by atoms with Crippen molar-refractivity contribution in [2.75, 3.05) is 14.2 Å². The molecule has 0 atom stereocenters. The molecule has 2 aromatic carbocycles. The van der Waals surface area contributed by atoms with Crippen molar-refractivity contribution < 1.29 is 14.3 Å². The fraction of sp³-hybridized carbons (Fsp3) is 0.133. The lowest BCUT2D eigenvalue weighted by Crippen LogP contribution is -2.02. The molecule has 0 bridgehead atoms. The van der Waals surface area contributed by atoms with Gasteiger partial charge in [0.05, 0.1) is 19.2 Å². The summed E-state index contributed by atoms with van der Waals surface area (Å²) in [5.41, 5.74) is 0.974. The van der Waals surface area contributed by atoms with Crippen molar-refractivity contribution in [2.45, 2.75) is 0 Å². The highest BCUT2D eigenvalue weighted by molar-refractivity contribution is 6.35. The molecule has 0 heterocycles. The second-order valence-electron chi connectivity index (χ2n) is 3.91. The Kier molecular flexibility index (Phi) is 4.07. The van der Waals surface area contributed by atoms with E-state index in [0.29, 0.717) is 27.6 Å². The van der Waals surface area contributed by atoms with Crippen LogP contribution in [0.5, 0.6) is 11.5 Å². The summed E-state index contributed by atoms with van der Waals surface area (Å²) in [6.07, 6.45) is 0. The number of benzene rings is 2. The molecule has 2 rings (SSSR count). The van der Waals surface area contributed by atoms with Crippen LogP contribution in [0.15, 0.2) is 42.5 Å². The summed E-state index contributed by atoms with van der Waals surface area (Å²) in [6.45, 7) is 0. The summed E-state index contributed by atoms with van der Waals surface area (Å²) in [7, 11) is 3.11. The van der Waals surface area contributed by atoms with E-state index in [0.717, 1.165) is 0 Å². The van der Waals surface area contributed by atoms with Crippen LogP contribution < -0.4 is 9.47 Å². The van der Waals surface area contributed by atoms with Gasteiger partial charge in [0.15, 0.2) is 5.78 Å². The molecule has 0 fully saturated rings. The van der Waals surface area contributed by atoms with Crippen LogP contribution in [0, 0.1) is 0 Å². The topological polar surface area (TPSA) is 35.5 Å². The van der Waals surface area contributed by atoms with E-state index in [9.17, 15) is 4.79 Å². The number of methoxy groups -OCH3 is 2. The van der Waals surface area contributed by atoms with Crippen LogP contribution in [0.25, 0.3) is 0 Å². The first-order valence-corrected chi connectivity index (χ1v) is 6.06. The third kappa shape index (κ3) is 2.88. The van der Waals surface area contributed by atoms with Gasteiger partial charge in [-0.05, 0) is 30.3 Å². The Hall–Kier alpha value is -2.00. The summed E-state index contributed by atoms with van der Waals surface area (Å²) >= 11 is 6.09. The lowest BCUT2D eigenvalue weighted by molar-refractivity contribution is 0.103. The first-order chi connectivity index (χ1) is 9.15. The van der Waals surface area contributed by atoms with Gasteiger partial charge in [-0.25, -0.2) is 0 Å². The predicted octanol–water partition coefficient (Wildman–Crippen LogP) is 3.59. The van der Waals surface area contributed by atoms with E-state index < -0.39 is 0 Å². The highest BCUT2D eigenvalue weighted by Crippen LogP contribution is 2.25. The number of ketones is 1. The van der Waals surface area contributed by atoms with Gasteiger partial charge in [-0.2, -0.15) is 0 Å². The maximum Gasteiger partial charge on any atom is 0.194 e. The maximum absolute atomic E-state index is 12.4. The smallest absolute Gasteiger partial charge is 0.194 e. The van der Waals surface area contributed by atoms with E-state index >= 15 is 0 Å². The minimum absolute atomic E-state index is 0.147. The second-order valence-corrected chi connectivity index (χ2v) is 4.31. The largest absolute Gasteiger partial charge is 0.497 e. The first-order valence-electron chi connectivity index (χ1n) is 5.68. The monoisotopic (exact) mass is 276 g/mol. The molecule has 0 saturated heterocycles. The van der Waals surface area contributed by atoms with Crippen LogP contribution in [-0.4, -0.2) is 20.0 Å². The van der Waals surface area contributed by atoms with Gasteiger partial charge in [-0.1, -0.05) is 23.7 Å². The predicted molar refractivity (Wildman–Crippen MR) is 74.4 cm³/mol. The van der Waals surface area contributed by atoms with E-state index in [4.69, 9.17) is 21.1 Å². The fourth-order valence-electron chi connectivity index (χ4n) is 1.73. The Morgan fingerprint density at radius 1 is 1.00 bits per heavy atom. The molecule has 98 valence electrons. The zero-order valence-corrected chi connectivity index (χ0v) is 11.4. The Morgan fingerprint density at radius 3 is 2.32 bits per heavy atom. The summed E-state index contributed by atoms with van der Waals surface area (Å²) in [5, 5.41) is 0.368. The third-order valence-electron chi connectivity index (χ3n) is 2.75. The number of ether oxygens (including phenoxy) is 2. The highest BCUT2D eigenvalue weighted by Gasteiger charge is 2.14. The molecule has 4 heteroatoms. The van der Waals surface area contributed by atoms with Crippen molar-refractivity contribution in [1.82, 2.24) is 0 Å². The van der Waals surface area contributed by atoms with Crippen molar-refractivity contribution in [3.8, 4) is 11.5 Å². The molecule has 0 amide bonds. The lowest BCUT2D eigenvalue weighted by Gasteiger charge is -2.07. The zero-order valence-electron chi connectivity index (χ0n) is 10.6. The second kappa shape index (κ2) is 5.76. The van der Waals surface area contributed by atoms with E-state index in [2.05, 4.69) is 0 Å². The molecule has 0 aliphatic heterocycles. The highest BCUT2D eigenvalue weighted by atomic mass is 35.5. The molecule has 19 heavy (non-hydrogen) atoms. The van der Waals surface area contributed by atoms with Crippen LogP contribution in [0.4, 0.5) is 0 Å². The van der Waals surface area contributed by atoms with Crippen LogP contribution in [-0.2, 0) is 0 Å². The standard InChI is InChI=1S/C15H13ClO3/c1-18-11-5-3-4-10(8-11)15(17)13-7-6-12(19-2)9-14(13)16/h3-9H,1-2H3. The molecular weight excluding hydrogens is 264 g/mol. The van der Waals surface area contributed by atoms with Crippen molar-refractivity contribution in [3.63, 3.8) is 0 Å². The Balaban J connectivity index is 2.38. The average molecular weight is 277 g/mol. The molecule has 2 aromatic rings. The molecule has 0 aromatic heterocycles. The van der Waals surface area contributed by atoms with E-state index in [1.54, 1.807) is 56.7 Å². The molecule has 3 nitrogen and oxygen atoms in total. The molecule has 0 N–H and O–H groups in total. The van der Waals surface area contributed by atoms with Gasteiger partial charge in [0.25, 0.3) is 0 Å². The molecule has 0 saturated carbocycles. The van der Waals surface area contributed by atoms with Crippen molar-refractivity contribution in [2.24, 2.45) is 0 Å². The molecular formula is C15H13ClO3. The van der Waals surface area contributed by atoms with Gasteiger partial charge in [-0.3, -0.25) is 4.79 Å². The number of rotatable bonds is 4. The molecule has 0 radical (unpaired) electrons. The van der Waals surface area contributed by atoms with Gasteiger partial charge in [0.2, 0.25) is 0 Å². The Morgan fingerprint density at radius 2 is 1.68 bits per heavy atom. The molecule has 0 aliphatic rings. The summed E-state index contributed by atoms with van der Waals surface area (Å²) in [6, 6.07) is 11.9. The van der Waals surface area contributed by atoms with Crippen LogP contribution in [0.2, 0.25) is 5.02 Å². The first kappa shape index (κ1) is 13.4. The van der Waals surface area contributed by atoms with E-state index in [-0.39, 0.29) is 5.78 Å². The van der Waals surface area contributed by atoms with E-state index in [1.165, 1.54) is 0 Å². The number of hydrogen-bond donors (Lipinski definition) is 0. The molecule has 0 unspecified atom stereocenters. The van der Waals surface area contributed by atoms with Gasteiger partial charge in [-0.15, -0.1) is 0 Å². The minimum Gasteiger partial charge on any atom is -0.497 e. The summed E-state index contributed by atoms with van der Waals surface area (Å²) < 4.78 is 10.2. The van der Waals surface area contributed by atoms with Gasteiger partial charge in [0, 0.05) is 11.1 Å². The van der Waals surface area contributed by atoms with Crippen molar-refractivity contribution >= 4 is 17.4 Å². The number of hydrogen-bond acceptors (Lipinski definition) is 3. The average Bonchev–Trinajstić information content (AvgIpc) is 2.46. The van der Waals surface area contributed by atoms with Gasteiger partial charge in [0.1, 0.15) is 11.5 Å². The number of carbonyl (C=O) groups is 1. The number of halogens is 1. The number of carbonyl (C=O) groups excluding carboxylic acids is 1. The van der Waals surface area contributed by atoms with Crippen LogP contribution in [0.3, 0.4) is 0 Å². The quantitative estimate of drug-likeness (QED) is 0.801. The Bertz CT molecular complexity index is 608. The van der Waals surface area contributed by atoms with Crippen LogP contribution in [0.1, 0.15) is 15.9 Å². The van der Waals surface area contributed by atoms with Crippen molar-refractivity contribution in [1.29, 1.82) is 0 Å². The maximum atomic E-state index is 12.4. The Labute approximate surface area is 116 Å². The fourth-order valence-corrected chi connectivity index (χ4v) is 1.98. The van der Waals surface area contributed by atoms with Gasteiger partial charge >= 0.3 is 0 Å². The zero-order chi connectivity index (χ0) is 13.8. The normalized spacial score (nSPS) is 10.1.